The summed E-state index contributed by atoms with van der Waals surface area (Å²) < 4.78 is 5.37. The lowest BCUT2D eigenvalue weighted by Crippen LogP contribution is -2.03. The van der Waals surface area contributed by atoms with Crippen LogP contribution in [0.1, 0.15) is 15.9 Å². The van der Waals surface area contributed by atoms with Crippen LogP contribution in [0.25, 0.3) is 0 Å². The molecule has 2 aromatic carbocycles. The van der Waals surface area contributed by atoms with Crippen molar-refractivity contribution in [1.82, 2.24) is 0 Å². The normalized spacial score (nSPS) is 10.1. The molecular formula is C14H10ClNO5. The summed E-state index contributed by atoms with van der Waals surface area (Å²) in [5.74, 6) is -1.30. The van der Waals surface area contributed by atoms with Crippen LogP contribution in [-0.2, 0) is 6.61 Å². The van der Waals surface area contributed by atoms with E-state index in [-0.39, 0.29) is 23.6 Å². The highest BCUT2D eigenvalue weighted by Crippen LogP contribution is 2.29. The van der Waals surface area contributed by atoms with Gasteiger partial charge in [-0.15, -0.1) is 0 Å². The minimum Gasteiger partial charge on any atom is -0.482 e. The van der Waals surface area contributed by atoms with Crippen molar-refractivity contribution in [3.8, 4) is 5.75 Å². The van der Waals surface area contributed by atoms with Crippen LogP contribution in [0.3, 0.4) is 0 Å². The highest BCUT2D eigenvalue weighted by atomic mass is 35.5. The molecule has 0 saturated heterocycles. The standard InChI is InChI=1S/C14H10ClNO5/c15-11-4-2-1-3-10(11)8-21-13-7-9(14(17)18)5-6-12(13)16(19)20/h1-7H,8H2,(H,17,18). The molecule has 0 saturated carbocycles. The summed E-state index contributed by atoms with van der Waals surface area (Å²) in [6, 6.07) is 10.3. The van der Waals surface area contributed by atoms with Gasteiger partial charge in [-0.25, -0.2) is 4.79 Å². The number of nitro benzene ring substituents is 1. The van der Waals surface area contributed by atoms with Crippen LogP contribution in [0.2, 0.25) is 5.02 Å². The van der Waals surface area contributed by atoms with Gasteiger partial charge in [0.2, 0.25) is 0 Å². The van der Waals surface area contributed by atoms with Gasteiger partial charge in [0.25, 0.3) is 0 Å². The number of nitro groups is 1. The molecule has 0 aromatic heterocycles. The molecule has 0 fully saturated rings. The third-order valence-corrected chi connectivity index (χ3v) is 3.11. The molecule has 0 heterocycles. The van der Waals surface area contributed by atoms with Crippen molar-refractivity contribution in [2.24, 2.45) is 0 Å². The number of nitrogens with zero attached hydrogens (tertiary/aromatic N) is 1. The summed E-state index contributed by atoms with van der Waals surface area (Å²) >= 11 is 5.97. The maximum Gasteiger partial charge on any atom is 0.335 e. The lowest BCUT2D eigenvalue weighted by atomic mass is 10.2. The number of carboxylic acid groups (broad SMARTS) is 1. The summed E-state index contributed by atoms with van der Waals surface area (Å²) in [5.41, 5.74) is 0.260. The van der Waals surface area contributed by atoms with Crippen LogP contribution in [0.5, 0.6) is 5.75 Å². The number of halogens is 1. The zero-order valence-electron chi connectivity index (χ0n) is 10.7. The highest BCUT2D eigenvalue weighted by Gasteiger charge is 2.18. The molecule has 0 unspecified atom stereocenters. The number of benzene rings is 2. The van der Waals surface area contributed by atoms with Crippen LogP contribution >= 0.6 is 11.6 Å². The number of hydrogen-bond acceptors (Lipinski definition) is 4. The topological polar surface area (TPSA) is 89.7 Å². The van der Waals surface area contributed by atoms with E-state index in [4.69, 9.17) is 21.4 Å². The van der Waals surface area contributed by atoms with E-state index in [1.54, 1.807) is 24.3 Å². The molecule has 2 aromatic rings. The van der Waals surface area contributed by atoms with E-state index < -0.39 is 10.9 Å². The van der Waals surface area contributed by atoms with Gasteiger partial charge in [0.15, 0.2) is 5.75 Å². The SMILES string of the molecule is O=C(O)c1ccc([N+](=O)[O-])c(OCc2ccccc2Cl)c1. The van der Waals surface area contributed by atoms with Crippen molar-refractivity contribution in [3.05, 3.63) is 68.7 Å². The maximum absolute atomic E-state index is 10.9. The Bertz CT molecular complexity index is 702. The van der Waals surface area contributed by atoms with Crippen molar-refractivity contribution < 1.29 is 19.6 Å². The Morgan fingerprint density at radius 3 is 2.62 bits per heavy atom. The highest BCUT2D eigenvalue weighted by molar-refractivity contribution is 6.31. The van der Waals surface area contributed by atoms with E-state index in [1.807, 2.05) is 0 Å². The molecule has 21 heavy (non-hydrogen) atoms. The first-order chi connectivity index (χ1) is 9.99. The van der Waals surface area contributed by atoms with E-state index >= 15 is 0 Å². The number of carboxylic acids is 1. The zero-order chi connectivity index (χ0) is 15.4. The van der Waals surface area contributed by atoms with Gasteiger partial charge in [0, 0.05) is 22.7 Å². The number of ether oxygens (including phenoxy) is 1. The summed E-state index contributed by atoms with van der Waals surface area (Å²) in [6.45, 7) is 0.00356. The fraction of sp³-hybridized carbons (Fsp3) is 0.0714. The second-order valence-electron chi connectivity index (χ2n) is 4.12. The second-order valence-corrected chi connectivity index (χ2v) is 4.53. The molecule has 0 atom stereocenters. The Morgan fingerprint density at radius 2 is 2.00 bits per heavy atom. The summed E-state index contributed by atoms with van der Waals surface area (Å²) in [4.78, 5) is 21.2. The van der Waals surface area contributed by atoms with Crippen molar-refractivity contribution >= 4 is 23.3 Å². The lowest BCUT2D eigenvalue weighted by molar-refractivity contribution is -0.385. The Kier molecular flexibility index (Phi) is 4.39. The quantitative estimate of drug-likeness (QED) is 0.674. The summed E-state index contributed by atoms with van der Waals surface area (Å²) in [7, 11) is 0. The first-order valence-electron chi connectivity index (χ1n) is 5.87. The molecule has 6 nitrogen and oxygen atoms in total. The van der Waals surface area contributed by atoms with Crippen molar-refractivity contribution in [3.63, 3.8) is 0 Å². The Hall–Kier alpha value is -2.60. The predicted octanol–water partition coefficient (Wildman–Crippen LogP) is 3.53. The van der Waals surface area contributed by atoms with Crippen LogP contribution in [0.4, 0.5) is 5.69 Å². The predicted molar refractivity (Wildman–Crippen MR) is 75.8 cm³/mol. The monoisotopic (exact) mass is 307 g/mol. The molecule has 108 valence electrons. The smallest absolute Gasteiger partial charge is 0.335 e. The minimum absolute atomic E-state index is 0.00356. The molecule has 0 aliphatic heterocycles. The molecular weight excluding hydrogens is 298 g/mol. The van der Waals surface area contributed by atoms with Gasteiger partial charge in [0.05, 0.1) is 10.5 Å². The fourth-order valence-electron chi connectivity index (χ4n) is 1.68. The maximum atomic E-state index is 10.9. The Morgan fingerprint density at radius 1 is 1.29 bits per heavy atom. The molecule has 0 radical (unpaired) electrons. The van der Waals surface area contributed by atoms with Crippen LogP contribution in [0, 0.1) is 10.1 Å². The lowest BCUT2D eigenvalue weighted by Gasteiger charge is -2.08. The van der Waals surface area contributed by atoms with Crippen LogP contribution < -0.4 is 4.74 Å². The molecule has 0 aliphatic carbocycles. The molecule has 2 rings (SSSR count). The molecule has 0 spiro atoms. The number of aromatic carboxylic acids is 1. The van der Waals surface area contributed by atoms with Gasteiger partial charge in [-0.05, 0) is 12.1 Å². The summed E-state index contributed by atoms with van der Waals surface area (Å²) in [5, 5.41) is 20.3. The average molecular weight is 308 g/mol. The minimum atomic E-state index is -1.19. The van der Waals surface area contributed by atoms with Crippen molar-refractivity contribution in [2.75, 3.05) is 0 Å². The first kappa shape index (κ1) is 14.8. The number of hydrogen-bond donors (Lipinski definition) is 1. The third-order valence-electron chi connectivity index (χ3n) is 2.74. The van der Waals surface area contributed by atoms with E-state index in [2.05, 4.69) is 0 Å². The molecule has 7 heteroatoms. The molecule has 0 bridgehead atoms. The number of carbonyl (C=O) groups is 1. The summed E-state index contributed by atoms with van der Waals surface area (Å²) in [6.07, 6.45) is 0. The Labute approximate surface area is 124 Å². The number of rotatable bonds is 5. The molecule has 1 N–H and O–H groups in total. The Balaban J connectivity index is 2.29. The molecule has 0 amide bonds. The fourth-order valence-corrected chi connectivity index (χ4v) is 1.87. The van der Waals surface area contributed by atoms with Crippen LogP contribution in [0.15, 0.2) is 42.5 Å². The van der Waals surface area contributed by atoms with E-state index in [1.165, 1.54) is 0 Å². The van der Waals surface area contributed by atoms with E-state index in [0.29, 0.717) is 10.6 Å². The van der Waals surface area contributed by atoms with Crippen LogP contribution in [-0.4, -0.2) is 16.0 Å². The van der Waals surface area contributed by atoms with Crippen molar-refractivity contribution in [1.29, 1.82) is 0 Å². The van der Waals surface area contributed by atoms with E-state index in [9.17, 15) is 14.9 Å². The van der Waals surface area contributed by atoms with Gasteiger partial charge >= 0.3 is 11.7 Å². The van der Waals surface area contributed by atoms with Crippen molar-refractivity contribution in [2.45, 2.75) is 6.61 Å². The van der Waals surface area contributed by atoms with Gasteiger partial charge in [-0.2, -0.15) is 0 Å². The third kappa shape index (κ3) is 3.49. The molecule has 0 aliphatic rings. The van der Waals surface area contributed by atoms with E-state index in [0.717, 1.165) is 18.2 Å². The second kappa shape index (κ2) is 6.23. The van der Waals surface area contributed by atoms with Gasteiger partial charge in [-0.3, -0.25) is 10.1 Å². The average Bonchev–Trinajstić information content (AvgIpc) is 2.46. The van der Waals surface area contributed by atoms with Gasteiger partial charge < -0.3 is 9.84 Å². The van der Waals surface area contributed by atoms with Gasteiger partial charge in [0.1, 0.15) is 6.61 Å². The first-order valence-corrected chi connectivity index (χ1v) is 6.25. The largest absolute Gasteiger partial charge is 0.482 e. The zero-order valence-corrected chi connectivity index (χ0v) is 11.4. The van der Waals surface area contributed by atoms with Gasteiger partial charge in [-0.1, -0.05) is 29.8 Å².